The second kappa shape index (κ2) is 11.5. The number of hydrogen-bond donors (Lipinski definition) is 0. The summed E-state index contributed by atoms with van der Waals surface area (Å²) in [7, 11) is 0. The average Bonchev–Trinajstić information content (AvgIpc) is 3.25. The molecule has 0 N–H and O–H groups in total. The van der Waals surface area contributed by atoms with E-state index >= 15 is 0 Å². The molecular weight excluding hydrogens is 739 g/mol. The molecule has 6 aliphatic rings. The van der Waals surface area contributed by atoms with Gasteiger partial charge in [-0.3, -0.25) is 0 Å². The summed E-state index contributed by atoms with van der Waals surface area (Å²) < 4.78 is 33.8. The number of anilines is 3. The summed E-state index contributed by atoms with van der Waals surface area (Å²) in [6.07, 6.45) is 0. The number of fused-ring (bicyclic) bond motifs is 12. The molecule has 0 atom stereocenters. The summed E-state index contributed by atoms with van der Waals surface area (Å²) in [5.41, 5.74) is 17.0. The Bertz CT molecular complexity index is 3270. The molecule has 8 aromatic rings. The molecule has 6 heterocycles. The van der Waals surface area contributed by atoms with E-state index in [1.54, 1.807) is 0 Å². The Balaban J connectivity index is 1.06. The summed E-state index contributed by atoms with van der Waals surface area (Å²) in [6.45, 7) is 6.30. The molecule has 0 saturated heterocycles. The first kappa shape index (κ1) is 32.7. The molecule has 14 rings (SSSR count). The van der Waals surface area contributed by atoms with Crippen molar-refractivity contribution in [3.63, 3.8) is 0 Å². The van der Waals surface area contributed by atoms with Gasteiger partial charge in [0, 0.05) is 34.4 Å². The van der Waals surface area contributed by atoms with E-state index in [9.17, 15) is 0 Å². The van der Waals surface area contributed by atoms with Crippen molar-refractivity contribution < 1.29 is 23.7 Å². The van der Waals surface area contributed by atoms with Crippen LogP contribution < -0.4 is 77.7 Å². The lowest BCUT2D eigenvalue weighted by Crippen LogP contribution is -2.64. The van der Waals surface area contributed by atoms with Crippen LogP contribution in [0.4, 0.5) is 17.1 Å². The number of aryl methyl sites for hydroxylation is 3. The van der Waals surface area contributed by atoms with E-state index < -0.39 is 0 Å². The van der Waals surface area contributed by atoms with Crippen molar-refractivity contribution in [3.8, 4) is 57.5 Å². The molecule has 8 aromatic carbocycles. The SMILES string of the molecule is Cc1cc(C)c(N2c3cc4c(cc3B3c5cc6c(cc5Oc5cccc2c53)Oc2cccc3c2B6c2ccccc2O3)B2c3ccccc3Oc3cccc(c32)O4)c(C)c1. The van der Waals surface area contributed by atoms with Gasteiger partial charge in [0.15, 0.2) is 0 Å². The van der Waals surface area contributed by atoms with Gasteiger partial charge >= 0.3 is 0 Å². The van der Waals surface area contributed by atoms with Gasteiger partial charge in [-0.05, 0) is 119 Å². The molecular formula is C51H32B3NO5. The van der Waals surface area contributed by atoms with Crippen molar-refractivity contribution in [1.29, 1.82) is 0 Å². The Morgan fingerprint density at radius 1 is 0.333 bits per heavy atom. The van der Waals surface area contributed by atoms with Crippen molar-refractivity contribution in [1.82, 2.24) is 0 Å². The highest BCUT2D eigenvalue weighted by Crippen LogP contribution is 2.46. The van der Waals surface area contributed by atoms with Crippen LogP contribution in [0.5, 0.6) is 57.5 Å². The minimum Gasteiger partial charge on any atom is -0.458 e. The summed E-state index contributed by atoms with van der Waals surface area (Å²) in [4.78, 5) is 2.45. The first-order valence-corrected chi connectivity index (χ1v) is 20.7. The molecule has 0 radical (unpaired) electrons. The number of hydrogen-bond acceptors (Lipinski definition) is 6. The van der Waals surface area contributed by atoms with Crippen LogP contribution >= 0.6 is 0 Å². The van der Waals surface area contributed by atoms with Crippen LogP contribution in [-0.4, -0.2) is 20.1 Å². The minimum absolute atomic E-state index is 0.0742. The lowest BCUT2D eigenvalue weighted by atomic mass is 9.30. The van der Waals surface area contributed by atoms with Crippen molar-refractivity contribution in [2.45, 2.75) is 20.8 Å². The van der Waals surface area contributed by atoms with Crippen LogP contribution in [0.15, 0.2) is 140 Å². The molecule has 0 amide bonds. The van der Waals surface area contributed by atoms with Gasteiger partial charge < -0.3 is 28.6 Å². The molecule has 280 valence electrons. The Morgan fingerprint density at radius 3 is 1.30 bits per heavy atom. The lowest BCUT2D eigenvalue weighted by molar-refractivity contribution is 0.456. The molecule has 0 saturated carbocycles. The van der Waals surface area contributed by atoms with Gasteiger partial charge in [-0.25, -0.2) is 0 Å². The van der Waals surface area contributed by atoms with Crippen molar-refractivity contribution in [2.24, 2.45) is 0 Å². The second-order valence-corrected chi connectivity index (χ2v) is 16.9. The van der Waals surface area contributed by atoms with E-state index in [0.29, 0.717) is 0 Å². The molecule has 6 nitrogen and oxygen atoms in total. The summed E-state index contributed by atoms with van der Waals surface area (Å²) in [6, 6.07) is 49.3. The van der Waals surface area contributed by atoms with E-state index in [2.05, 4.69) is 129 Å². The maximum absolute atomic E-state index is 7.03. The van der Waals surface area contributed by atoms with Crippen LogP contribution in [0.25, 0.3) is 0 Å². The standard InChI is InChI=1S/C51H32B3NO5/c1-27-21-28(2)51(29(3)22-27)55-36-13-8-16-40-48(36)54(32-23-33-45(25-37(32)55)59-43-19-9-17-41-49(43)52(33)30-11-4-6-14-38(30)56-41)35-24-34-46(26-47(35)58-40)60-44-20-10-18-42-50(44)53(34)31-12-5-7-15-39(31)57-42/h4-26H,1-3H3. The van der Waals surface area contributed by atoms with Gasteiger partial charge in [0.1, 0.15) is 57.5 Å². The fraction of sp³-hybridized carbons (Fsp3) is 0.0588. The largest absolute Gasteiger partial charge is 0.458 e. The van der Waals surface area contributed by atoms with Crippen molar-refractivity contribution >= 4 is 86.4 Å². The maximum atomic E-state index is 7.03. The molecule has 0 spiro atoms. The number of benzene rings is 8. The fourth-order valence-electron chi connectivity index (χ4n) is 11.2. The summed E-state index contributed by atoms with van der Waals surface area (Å²) >= 11 is 0. The number of para-hydroxylation sites is 2. The highest BCUT2D eigenvalue weighted by Gasteiger charge is 2.48. The van der Waals surface area contributed by atoms with Crippen LogP contribution in [-0.2, 0) is 0 Å². The molecule has 9 heteroatoms. The molecule has 0 aromatic heterocycles. The van der Waals surface area contributed by atoms with E-state index in [1.807, 2.05) is 36.4 Å². The van der Waals surface area contributed by atoms with Crippen LogP contribution in [0.3, 0.4) is 0 Å². The smallest absolute Gasteiger partial charge is 0.260 e. The van der Waals surface area contributed by atoms with Crippen LogP contribution in [0.1, 0.15) is 16.7 Å². The highest BCUT2D eigenvalue weighted by atomic mass is 16.5. The predicted octanol–water partition coefficient (Wildman–Crippen LogP) is 6.47. The Morgan fingerprint density at radius 2 is 0.750 bits per heavy atom. The Kier molecular flexibility index (Phi) is 6.25. The zero-order chi connectivity index (χ0) is 39.5. The van der Waals surface area contributed by atoms with Gasteiger partial charge in [0.25, 0.3) is 20.1 Å². The monoisotopic (exact) mass is 771 g/mol. The molecule has 0 aliphatic carbocycles. The zero-order valence-corrected chi connectivity index (χ0v) is 33.0. The Labute approximate surface area is 348 Å². The van der Waals surface area contributed by atoms with Crippen LogP contribution in [0, 0.1) is 20.8 Å². The molecule has 60 heavy (non-hydrogen) atoms. The minimum atomic E-state index is -0.161. The molecule has 6 aliphatic heterocycles. The maximum Gasteiger partial charge on any atom is 0.260 e. The predicted molar refractivity (Wildman–Crippen MR) is 242 cm³/mol. The zero-order valence-electron chi connectivity index (χ0n) is 33.0. The number of nitrogens with zero attached hydrogens (tertiary/aromatic N) is 1. The van der Waals surface area contributed by atoms with Crippen molar-refractivity contribution in [2.75, 3.05) is 4.90 Å². The molecule has 0 unspecified atom stereocenters. The third-order valence-electron chi connectivity index (χ3n) is 13.4. The third-order valence-corrected chi connectivity index (χ3v) is 13.4. The normalized spacial score (nSPS) is 14.4. The Hall–Kier alpha value is -7.25. The van der Waals surface area contributed by atoms with E-state index in [-0.39, 0.29) is 20.1 Å². The van der Waals surface area contributed by atoms with E-state index in [4.69, 9.17) is 23.7 Å². The summed E-state index contributed by atoms with van der Waals surface area (Å²) in [5, 5.41) is 0. The van der Waals surface area contributed by atoms with E-state index in [0.717, 1.165) is 118 Å². The first-order valence-electron chi connectivity index (χ1n) is 20.7. The van der Waals surface area contributed by atoms with Gasteiger partial charge in [-0.15, -0.1) is 0 Å². The highest BCUT2D eigenvalue weighted by molar-refractivity contribution is 7.03. The quantitative estimate of drug-likeness (QED) is 0.179. The third kappa shape index (κ3) is 4.21. The molecule has 0 fully saturated rings. The summed E-state index contributed by atoms with van der Waals surface area (Å²) in [5.74, 6) is 8.32. The van der Waals surface area contributed by atoms with Gasteiger partial charge in [-0.1, -0.05) is 84.4 Å². The first-order chi connectivity index (χ1) is 29.5. The number of ether oxygens (including phenoxy) is 5. The van der Waals surface area contributed by atoms with Gasteiger partial charge in [-0.2, -0.15) is 0 Å². The lowest BCUT2D eigenvalue weighted by Gasteiger charge is -2.43. The van der Waals surface area contributed by atoms with Crippen molar-refractivity contribution in [3.05, 3.63) is 156 Å². The second-order valence-electron chi connectivity index (χ2n) is 16.9. The van der Waals surface area contributed by atoms with Crippen LogP contribution in [0.2, 0.25) is 0 Å². The fourth-order valence-corrected chi connectivity index (χ4v) is 11.2. The topological polar surface area (TPSA) is 49.4 Å². The van der Waals surface area contributed by atoms with Gasteiger partial charge in [0.2, 0.25) is 0 Å². The molecule has 0 bridgehead atoms. The van der Waals surface area contributed by atoms with E-state index in [1.165, 1.54) is 22.2 Å². The average molecular weight is 771 g/mol. The van der Waals surface area contributed by atoms with Gasteiger partial charge in [0.05, 0.1) is 5.69 Å². The number of rotatable bonds is 1.